The van der Waals surface area contributed by atoms with Gasteiger partial charge in [0.25, 0.3) is 0 Å². The SMILES string of the molecule is C=C(C)C(=O)OCCCc1cc(-c2ccc(C3CCC(CCCCC)CC3)cc2F)cc(CCCOC(=O)C(=O)OC)c1OCCC(COC(=O)C(=C)C)(COC(=O)C(=C)C)COC(=O)C(=C)C. The fourth-order valence-corrected chi connectivity index (χ4v) is 7.81. The van der Waals surface area contributed by atoms with Gasteiger partial charge in [-0.25, -0.2) is 33.2 Å². The molecule has 3 rings (SSSR count). The number of benzene rings is 2. The Labute approximate surface area is 401 Å². The van der Waals surface area contributed by atoms with Crippen LogP contribution in [0.1, 0.15) is 128 Å². The van der Waals surface area contributed by atoms with E-state index in [2.05, 4.69) is 38.0 Å². The van der Waals surface area contributed by atoms with Gasteiger partial charge in [0.05, 0.1) is 32.3 Å². The molecule has 2 aromatic carbocycles. The lowest BCUT2D eigenvalue weighted by atomic mass is 9.77. The first kappa shape index (κ1) is 56.3. The van der Waals surface area contributed by atoms with E-state index in [0.717, 1.165) is 38.4 Å². The highest BCUT2D eigenvalue weighted by atomic mass is 19.1. The molecule has 1 fully saturated rings. The van der Waals surface area contributed by atoms with Crippen molar-refractivity contribution in [1.82, 2.24) is 0 Å². The molecule has 0 atom stereocenters. The van der Waals surface area contributed by atoms with E-state index in [1.807, 2.05) is 12.1 Å². The molecule has 0 spiro atoms. The van der Waals surface area contributed by atoms with Crippen LogP contribution in [0.5, 0.6) is 5.75 Å². The first-order valence-electron chi connectivity index (χ1n) is 23.4. The van der Waals surface area contributed by atoms with E-state index in [1.54, 1.807) is 25.1 Å². The van der Waals surface area contributed by atoms with Crippen molar-refractivity contribution >= 4 is 35.8 Å². The topological polar surface area (TPSA) is 167 Å². The maximum atomic E-state index is 16.5. The second-order valence-corrected chi connectivity index (χ2v) is 18.0. The zero-order chi connectivity index (χ0) is 50.4. The van der Waals surface area contributed by atoms with Gasteiger partial charge in [-0.2, -0.15) is 0 Å². The van der Waals surface area contributed by atoms with E-state index in [1.165, 1.54) is 46.5 Å². The summed E-state index contributed by atoms with van der Waals surface area (Å²) < 4.78 is 54.9. The Hall–Kier alpha value is -6.05. The third-order valence-corrected chi connectivity index (χ3v) is 11.9. The Bertz CT molecular complexity index is 2070. The summed E-state index contributed by atoms with van der Waals surface area (Å²) in [7, 11) is 1.07. The number of halogens is 1. The van der Waals surface area contributed by atoms with Crippen LogP contribution in [0.25, 0.3) is 11.1 Å². The minimum Gasteiger partial charge on any atom is -0.493 e. The molecular formula is C54H71FO13. The van der Waals surface area contributed by atoms with E-state index in [9.17, 15) is 28.8 Å². The first-order valence-corrected chi connectivity index (χ1v) is 23.4. The van der Waals surface area contributed by atoms with E-state index in [0.29, 0.717) is 46.8 Å². The molecule has 13 nitrogen and oxygen atoms in total. The van der Waals surface area contributed by atoms with Gasteiger partial charge >= 0.3 is 35.8 Å². The number of ether oxygens (including phenoxy) is 7. The standard InChI is InChI=1S/C54H71FO13/c1-11-12-13-16-39-19-21-40(22-20-39)41-23-24-45(46(55)31-41)44-29-42(17-14-26-64-48(56)35(2)3)47(43(30-44)18-15-27-65-53(61)52(60)62-10)63-28-25-54(32-66-49(57)36(4)5,33-67-50(58)37(6)7)34-68-51(59)38(8)9/h23-24,29-31,39-40H,2,4,6,8,11-22,25-28,32-34H2,1,3,5,7,9-10H3. The lowest BCUT2D eigenvalue weighted by Gasteiger charge is -2.32. The number of carbonyl (C=O) groups excluding carboxylic acids is 6. The van der Waals surface area contributed by atoms with Gasteiger partial charge in [0, 0.05) is 27.9 Å². The van der Waals surface area contributed by atoms with Crippen LogP contribution in [0.3, 0.4) is 0 Å². The fraction of sp³-hybridized carbons (Fsp3) is 0.519. The summed E-state index contributed by atoms with van der Waals surface area (Å²) in [6.45, 7) is 21.4. The molecular weight excluding hydrogens is 876 g/mol. The monoisotopic (exact) mass is 946 g/mol. The predicted molar refractivity (Wildman–Crippen MR) is 256 cm³/mol. The van der Waals surface area contributed by atoms with Gasteiger partial charge < -0.3 is 33.2 Å². The fourth-order valence-electron chi connectivity index (χ4n) is 7.81. The number of hydrogen-bond acceptors (Lipinski definition) is 13. The van der Waals surface area contributed by atoms with Crippen molar-refractivity contribution in [2.75, 3.05) is 46.8 Å². The molecule has 0 radical (unpaired) electrons. The van der Waals surface area contributed by atoms with Crippen LogP contribution in [0.15, 0.2) is 78.9 Å². The van der Waals surface area contributed by atoms with Gasteiger partial charge in [-0.15, -0.1) is 0 Å². The third-order valence-electron chi connectivity index (χ3n) is 11.9. The summed E-state index contributed by atoms with van der Waals surface area (Å²) in [6, 6.07) is 9.04. The van der Waals surface area contributed by atoms with Crippen molar-refractivity contribution in [3.05, 3.63) is 101 Å². The van der Waals surface area contributed by atoms with Gasteiger partial charge in [-0.1, -0.05) is 71.1 Å². The Kier molecular flexibility index (Phi) is 23.4. The quantitative estimate of drug-likeness (QED) is 0.0260. The van der Waals surface area contributed by atoms with Crippen molar-refractivity contribution in [2.45, 2.75) is 124 Å². The number of methoxy groups -OCH3 is 1. The van der Waals surface area contributed by atoms with E-state index >= 15 is 4.39 Å². The lowest BCUT2D eigenvalue weighted by molar-refractivity contribution is -0.165. The molecule has 1 aliphatic carbocycles. The van der Waals surface area contributed by atoms with Gasteiger partial charge in [-0.05, 0) is 138 Å². The highest BCUT2D eigenvalue weighted by Gasteiger charge is 2.37. The van der Waals surface area contributed by atoms with Crippen molar-refractivity contribution < 1.29 is 66.3 Å². The van der Waals surface area contributed by atoms with Crippen molar-refractivity contribution in [3.8, 4) is 16.9 Å². The summed E-state index contributed by atoms with van der Waals surface area (Å²) in [6.07, 6.45) is 10.3. The summed E-state index contributed by atoms with van der Waals surface area (Å²) in [5, 5.41) is 0. The van der Waals surface area contributed by atoms with Crippen LogP contribution in [0.4, 0.5) is 4.39 Å². The zero-order valence-electron chi connectivity index (χ0n) is 41.0. The molecule has 2 aromatic rings. The van der Waals surface area contributed by atoms with Gasteiger partial charge in [-0.3, -0.25) is 0 Å². The molecule has 0 N–H and O–H groups in total. The second kappa shape index (κ2) is 28.3. The first-order chi connectivity index (χ1) is 32.3. The summed E-state index contributed by atoms with van der Waals surface area (Å²) >= 11 is 0. The van der Waals surface area contributed by atoms with Gasteiger partial charge in [0.1, 0.15) is 31.4 Å². The molecule has 0 amide bonds. The van der Waals surface area contributed by atoms with Crippen molar-refractivity contribution in [1.29, 1.82) is 0 Å². The second-order valence-electron chi connectivity index (χ2n) is 18.0. The Morgan fingerprint density at radius 2 is 1.10 bits per heavy atom. The molecule has 0 bridgehead atoms. The Morgan fingerprint density at radius 1 is 0.618 bits per heavy atom. The van der Waals surface area contributed by atoms with Gasteiger partial charge in [0.2, 0.25) is 0 Å². The average molecular weight is 947 g/mol. The largest absolute Gasteiger partial charge is 0.493 e. The molecule has 0 aliphatic heterocycles. The van der Waals surface area contributed by atoms with Crippen LogP contribution < -0.4 is 4.74 Å². The van der Waals surface area contributed by atoms with E-state index in [4.69, 9.17) is 28.4 Å². The number of unbranched alkanes of at least 4 members (excludes halogenated alkanes) is 2. The molecule has 372 valence electrons. The normalized spacial score (nSPS) is 14.5. The molecule has 1 aliphatic rings. The number of aryl methyl sites for hydroxylation is 2. The number of rotatable bonds is 28. The molecule has 1 saturated carbocycles. The summed E-state index contributed by atoms with van der Waals surface area (Å²) in [5.74, 6) is -4.04. The molecule has 0 saturated heterocycles. The number of carbonyl (C=O) groups is 6. The summed E-state index contributed by atoms with van der Waals surface area (Å²) in [4.78, 5) is 74.3. The Morgan fingerprint density at radius 3 is 1.56 bits per heavy atom. The molecule has 14 heteroatoms. The smallest absolute Gasteiger partial charge is 0.417 e. The minimum absolute atomic E-state index is 0.00620. The third kappa shape index (κ3) is 18.2. The van der Waals surface area contributed by atoms with E-state index < -0.39 is 41.2 Å². The van der Waals surface area contributed by atoms with Crippen LogP contribution in [-0.2, 0) is 70.0 Å². The van der Waals surface area contributed by atoms with Crippen molar-refractivity contribution in [3.63, 3.8) is 0 Å². The van der Waals surface area contributed by atoms with Crippen LogP contribution in [0.2, 0.25) is 0 Å². The predicted octanol–water partition coefficient (Wildman–Crippen LogP) is 10.2. The van der Waals surface area contributed by atoms with Gasteiger partial charge in [0.15, 0.2) is 0 Å². The molecule has 68 heavy (non-hydrogen) atoms. The molecule has 0 aromatic heterocycles. The average Bonchev–Trinajstić information content (AvgIpc) is 3.31. The number of esters is 6. The minimum atomic E-state index is -1.35. The maximum absolute atomic E-state index is 16.5. The van der Waals surface area contributed by atoms with Crippen molar-refractivity contribution in [2.24, 2.45) is 11.3 Å². The lowest BCUT2D eigenvalue weighted by Crippen LogP contribution is -2.41. The Balaban J connectivity index is 2.10. The highest BCUT2D eigenvalue weighted by molar-refractivity contribution is 6.29. The number of hydrogen-bond donors (Lipinski definition) is 0. The maximum Gasteiger partial charge on any atom is 0.417 e. The zero-order valence-corrected chi connectivity index (χ0v) is 41.0. The van der Waals surface area contributed by atoms with Crippen LogP contribution in [0, 0.1) is 17.2 Å². The van der Waals surface area contributed by atoms with E-state index in [-0.39, 0.29) is 92.9 Å². The molecule has 0 heterocycles. The van der Waals surface area contributed by atoms with Crippen LogP contribution in [-0.4, -0.2) is 82.6 Å². The highest BCUT2D eigenvalue weighted by Crippen LogP contribution is 2.40. The molecule has 0 unspecified atom stereocenters. The summed E-state index contributed by atoms with van der Waals surface area (Å²) in [5.41, 5.74) is 2.32. The van der Waals surface area contributed by atoms with Crippen LogP contribution >= 0.6 is 0 Å².